The minimum atomic E-state index is -0.470. The quantitative estimate of drug-likeness (QED) is 0.0679. The van der Waals surface area contributed by atoms with Gasteiger partial charge in [0.25, 0.3) is 0 Å². The lowest BCUT2D eigenvalue weighted by molar-refractivity contribution is 0.282. The van der Waals surface area contributed by atoms with Gasteiger partial charge >= 0.3 is 0 Å². The zero-order valence-electron chi connectivity index (χ0n) is 40.8. The molecule has 0 saturated carbocycles. The van der Waals surface area contributed by atoms with Crippen LogP contribution in [0, 0.1) is 0 Å². The van der Waals surface area contributed by atoms with Crippen LogP contribution in [-0.2, 0) is 28.3 Å². The minimum absolute atomic E-state index is 0. The van der Waals surface area contributed by atoms with Crippen molar-refractivity contribution in [2.24, 2.45) is 0 Å². The Balaban J connectivity index is 0.000000251. The Bertz CT molecular complexity index is 2740. The van der Waals surface area contributed by atoms with Crippen molar-refractivity contribution in [2.75, 3.05) is 14.2 Å². The molecule has 0 aliphatic carbocycles. The number of benzene rings is 8. The Morgan fingerprint density at radius 3 is 0.754 bits per heavy atom. The largest absolute Gasteiger partial charge is 0.508 e. The number of aliphatic hydroxyl groups excluding tert-OH is 1. The van der Waals surface area contributed by atoms with Crippen molar-refractivity contribution in [2.45, 2.75) is 77.2 Å². The predicted molar refractivity (Wildman–Crippen MR) is 286 cm³/mol. The molecule has 0 spiro atoms. The van der Waals surface area contributed by atoms with Gasteiger partial charge in [-0.25, -0.2) is 0 Å². The van der Waals surface area contributed by atoms with E-state index in [1.165, 1.54) is 33.4 Å². The highest BCUT2D eigenvalue weighted by atomic mass is 16.5. The van der Waals surface area contributed by atoms with E-state index in [2.05, 4.69) is 126 Å². The third-order valence-electron chi connectivity index (χ3n) is 14.0. The van der Waals surface area contributed by atoms with Crippen molar-refractivity contribution in [3.8, 4) is 28.7 Å². The first-order valence-corrected chi connectivity index (χ1v) is 22.6. The lowest BCUT2D eigenvalue weighted by Crippen LogP contribution is -2.26. The van der Waals surface area contributed by atoms with E-state index in [1.807, 2.05) is 72.8 Å². The van der Waals surface area contributed by atoms with Crippen LogP contribution in [0.15, 0.2) is 194 Å². The SMILES string of the molecule is C.CC(C)(c1ccc(O)cc1)c1ccc(C(C)(c2ccc(O)cc2)c2ccc(O)cc2)cc1.COc1ccc(C(C)(C)c2ccc(C(C)(c3ccc(CO)cc3)c3ccc(OC)cc3)cc2)cc1.[BH2-]. The van der Waals surface area contributed by atoms with E-state index < -0.39 is 5.41 Å². The number of phenols is 3. The molecule has 8 rings (SSSR count). The first-order chi connectivity index (χ1) is 32.0. The molecule has 69 heavy (non-hydrogen) atoms. The van der Waals surface area contributed by atoms with Gasteiger partial charge in [-0.3, -0.25) is 0 Å². The van der Waals surface area contributed by atoms with Crippen molar-refractivity contribution >= 4 is 8.41 Å². The molecular weight excluding hydrogens is 851 g/mol. The predicted octanol–water partition coefficient (Wildman–Crippen LogP) is 13.1. The highest BCUT2D eigenvalue weighted by molar-refractivity contribution is 5.75. The fourth-order valence-corrected chi connectivity index (χ4v) is 9.12. The third-order valence-corrected chi connectivity index (χ3v) is 14.0. The summed E-state index contributed by atoms with van der Waals surface area (Å²) in [6, 6.07) is 64.3. The molecule has 8 aromatic carbocycles. The van der Waals surface area contributed by atoms with Gasteiger partial charge in [0, 0.05) is 21.7 Å². The van der Waals surface area contributed by atoms with E-state index >= 15 is 0 Å². The van der Waals surface area contributed by atoms with Crippen molar-refractivity contribution in [3.05, 3.63) is 255 Å². The van der Waals surface area contributed by atoms with E-state index in [4.69, 9.17) is 9.47 Å². The molecule has 1 unspecified atom stereocenters. The van der Waals surface area contributed by atoms with Crippen LogP contribution in [-0.4, -0.2) is 43.1 Å². The topological polar surface area (TPSA) is 99.4 Å². The molecule has 0 saturated heterocycles. The van der Waals surface area contributed by atoms with Crippen LogP contribution >= 0.6 is 0 Å². The Hall–Kier alpha value is -7.22. The number of rotatable bonds is 13. The van der Waals surface area contributed by atoms with Crippen LogP contribution in [0.1, 0.15) is 110 Å². The summed E-state index contributed by atoms with van der Waals surface area (Å²) in [5.74, 6) is 2.42. The molecule has 356 valence electrons. The van der Waals surface area contributed by atoms with E-state index in [-0.39, 0.29) is 55.9 Å². The van der Waals surface area contributed by atoms with Crippen LogP contribution < -0.4 is 9.47 Å². The number of aliphatic hydroxyl groups is 1. The highest BCUT2D eigenvalue weighted by Crippen LogP contribution is 2.43. The summed E-state index contributed by atoms with van der Waals surface area (Å²) in [5, 5.41) is 38.8. The summed E-state index contributed by atoms with van der Waals surface area (Å²) >= 11 is 0. The number of hydrogen-bond acceptors (Lipinski definition) is 6. The fourth-order valence-electron chi connectivity index (χ4n) is 9.12. The van der Waals surface area contributed by atoms with Crippen molar-refractivity contribution < 1.29 is 29.9 Å². The maximum Gasteiger partial charge on any atom is 0.118 e. The number of ether oxygens (including phenoxy) is 2. The molecule has 2 radical (unpaired) electrons. The molecule has 4 N–H and O–H groups in total. The lowest BCUT2D eigenvalue weighted by atomic mass is 9.70. The van der Waals surface area contributed by atoms with Crippen molar-refractivity contribution in [1.29, 1.82) is 0 Å². The molecule has 0 amide bonds. The Morgan fingerprint density at radius 2 is 0.507 bits per heavy atom. The summed E-state index contributed by atoms with van der Waals surface area (Å²) in [5.41, 5.74) is 11.2. The first-order valence-electron chi connectivity index (χ1n) is 22.6. The zero-order chi connectivity index (χ0) is 48.0. The number of phenolic OH excluding ortho intramolecular Hbond substituents is 3. The maximum absolute atomic E-state index is 9.80. The third kappa shape index (κ3) is 10.9. The summed E-state index contributed by atoms with van der Waals surface area (Å²) in [7, 11) is 3.38. The molecule has 0 heterocycles. The molecule has 8 aromatic rings. The molecule has 0 aliphatic rings. The van der Waals surface area contributed by atoms with Gasteiger partial charge in [-0.05, 0) is 136 Å². The summed E-state index contributed by atoms with van der Waals surface area (Å²) in [6.45, 7) is 13.3. The van der Waals surface area contributed by atoms with E-state index in [9.17, 15) is 20.4 Å². The normalized spacial score (nSPS) is 12.2. The second-order valence-electron chi connectivity index (χ2n) is 18.6. The second kappa shape index (κ2) is 21.8. The first kappa shape index (κ1) is 52.7. The molecule has 0 aromatic heterocycles. The van der Waals surface area contributed by atoms with E-state index in [0.29, 0.717) is 0 Å². The Morgan fingerprint density at radius 1 is 0.319 bits per heavy atom. The summed E-state index contributed by atoms with van der Waals surface area (Å²) in [6.07, 6.45) is 0. The number of aromatic hydroxyl groups is 3. The zero-order valence-corrected chi connectivity index (χ0v) is 40.8. The second-order valence-corrected chi connectivity index (χ2v) is 18.6. The molecule has 1 atom stereocenters. The minimum Gasteiger partial charge on any atom is -0.508 e. The Kier molecular flexibility index (Phi) is 16.7. The molecular formula is C62H68BO6-. The number of methoxy groups -OCH3 is 2. The van der Waals surface area contributed by atoms with Crippen LogP contribution in [0.3, 0.4) is 0 Å². The van der Waals surface area contributed by atoms with Gasteiger partial charge in [-0.2, -0.15) is 0 Å². The smallest absolute Gasteiger partial charge is 0.118 e. The van der Waals surface area contributed by atoms with Crippen LogP contribution in [0.5, 0.6) is 28.7 Å². The van der Waals surface area contributed by atoms with Crippen LogP contribution in [0.2, 0.25) is 0 Å². The standard InChI is InChI=1S/C32H34O3.C29H28O3.CH4.BH2/c1-31(2,25-14-18-29(34-4)19-15-25)24-10-12-27(13-11-24)32(3,26-8-6-23(22-33)7-9-26)28-16-20-30(35-5)21-17-28;1-28(2,21-8-14-25(30)15-9-21)20-4-6-22(7-5-20)29(3,23-10-16-26(31)17-11-23)24-12-18-27(32)19-13-24;;/h6-21,33H,22H2,1-5H3;4-19,30-32H,1-3H3;1H4;1H2/q;;;-1. The average molecular weight is 920 g/mol. The van der Waals surface area contributed by atoms with Crippen molar-refractivity contribution in [3.63, 3.8) is 0 Å². The maximum atomic E-state index is 9.80. The van der Waals surface area contributed by atoms with Gasteiger partial charge in [-0.1, -0.05) is 169 Å². The molecule has 0 bridgehead atoms. The average Bonchev–Trinajstić information content (AvgIpc) is 3.36. The van der Waals surface area contributed by atoms with Gasteiger partial charge in [-0.15, -0.1) is 0 Å². The fraction of sp³-hybridized carbons (Fsp3) is 0.226. The van der Waals surface area contributed by atoms with E-state index in [0.717, 1.165) is 39.3 Å². The molecule has 7 heteroatoms. The van der Waals surface area contributed by atoms with Gasteiger partial charge < -0.3 is 38.3 Å². The van der Waals surface area contributed by atoms with E-state index in [1.54, 1.807) is 50.6 Å². The highest BCUT2D eigenvalue weighted by Gasteiger charge is 2.34. The monoisotopic (exact) mass is 920 g/mol. The van der Waals surface area contributed by atoms with Gasteiger partial charge in [0.15, 0.2) is 0 Å². The molecule has 6 nitrogen and oxygen atoms in total. The van der Waals surface area contributed by atoms with Crippen LogP contribution in [0.4, 0.5) is 0 Å². The van der Waals surface area contributed by atoms with Gasteiger partial charge in [0.1, 0.15) is 28.7 Å². The lowest BCUT2D eigenvalue weighted by Gasteiger charge is -2.33. The van der Waals surface area contributed by atoms with Crippen molar-refractivity contribution in [1.82, 2.24) is 0 Å². The number of hydrogen-bond donors (Lipinski definition) is 4. The molecule has 0 fully saturated rings. The summed E-state index contributed by atoms with van der Waals surface area (Å²) < 4.78 is 10.7. The Labute approximate surface area is 412 Å². The van der Waals surface area contributed by atoms with Gasteiger partial charge in [0.2, 0.25) is 0 Å². The summed E-state index contributed by atoms with van der Waals surface area (Å²) in [4.78, 5) is 0. The molecule has 0 aliphatic heterocycles. The van der Waals surface area contributed by atoms with Crippen LogP contribution in [0.25, 0.3) is 0 Å². The van der Waals surface area contributed by atoms with Gasteiger partial charge in [0.05, 0.1) is 20.8 Å².